The van der Waals surface area contributed by atoms with E-state index >= 15 is 0 Å². The average molecular weight is 338 g/mol. The lowest BCUT2D eigenvalue weighted by molar-refractivity contribution is -0.122. The molecule has 1 aliphatic heterocycles. The number of nitrogens with one attached hydrogen (secondary N) is 1. The largest absolute Gasteiger partial charge is 0.352 e. The van der Waals surface area contributed by atoms with Crippen molar-refractivity contribution in [3.05, 3.63) is 35.4 Å². The van der Waals surface area contributed by atoms with Crippen molar-refractivity contribution in [3.8, 4) is 0 Å². The quantitative estimate of drug-likeness (QED) is 0.820. The Morgan fingerprint density at radius 3 is 2.74 bits per heavy atom. The van der Waals surface area contributed by atoms with E-state index in [1.165, 1.54) is 5.56 Å². The molecular formula is C17H26N2O3S. The zero-order chi connectivity index (χ0) is 16.9. The molecule has 1 heterocycles. The Kier molecular flexibility index (Phi) is 6.18. The van der Waals surface area contributed by atoms with Crippen LogP contribution in [0.3, 0.4) is 0 Å². The number of hydrogen-bond donors (Lipinski definition) is 1. The topological polar surface area (TPSA) is 66.5 Å². The van der Waals surface area contributed by atoms with E-state index in [-0.39, 0.29) is 23.3 Å². The number of rotatable bonds is 7. The molecule has 1 aliphatic rings. The maximum atomic E-state index is 12.0. The highest BCUT2D eigenvalue weighted by molar-refractivity contribution is 7.91. The third-order valence-electron chi connectivity index (χ3n) is 4.27. The van der Waals surface area contributed by atoms with Gasteiger partial charge >= 0.3 is 0 Å². The summed E-state index contributed by atoms with van der Waals surface area (Å²) in [4.78, 5) is 14.2. The molecule has 1 N–H and O–H groups in total. The highest BCUT2D eigenvalue weighted by Crippen LogP contribution is 2.21. The van der Waals surface area contributed by atoms with Crippen LogP contribution >= 0.6 is 0 Å². The molecule has 1 aromatic carbocycles. The molecule has 1 aromatic rings. The summed E-state index contributed by atoms with van der Waals surface area (Å²) in [7, 11) is -0.839. The molecule has 0 aliphatic carbocycles. The van der Waals surface area contributed by atoms with E-state index in [9.17, 15) is 13.2 Å². The Hall–Kier alpha value is -1.40. The van der Waals surface area contributed by atoms with E-state index < -0.39 is 9.84 Å². The first-order valence-corrected chi connectivity index (χ1v) is 9.93. The Balaban J connectivity index is 1.81. The lowest BCUT2D eigenvalue weighted by Crippen LogP contribution is -2.25. The first kappa shape index (κ1) is 17.9. The third-order valence-corrected chi connectivity index (χ3v) is 6.11. The summed E-state index contributed by atoms with van der Waals surface area (Å²) in [5.41, 5.74) is 2.29. The number of hydrogen-bond acceptors (Lipinski definition) is 4. The number of sulfone groups is 1. The molecular weight excluding hydrogens is 312 g/mol. The summed E-state index contributed by atoms with van der Waals surface area (Å²) in [6.45, 7) is 4.48. The summed E-state index contributed by atoms with van der Waals surface area (Å²) < 4.78 is 22.8. The van der Waals surface area contributed by atoms with Gasteiger partial charge in [-0.2, -0.15) is 0 Å². The van der Waals surface area contributed by atoms with E-state index in [1.54, 1.807) is 0 Å². The summed E-state index contributed by atoms with van der Waals surface area (Å²) in [5, 5.41) is 2.90. The molecule has 5 nitrogen and oxygen atoms in total. The van der Waals surface area contributed by atoms with Crippen LogP contribution in [0.4, 0.5) is 0 Å². The van der Waals surface area contributed by atoms with Crippen LogP contribution in [0.5, 0.6) is 0 Å². The molecule has 0 spiro atoms. The van der Waals surface area contributed by atoms with Crippen molar-refractivity contribution in [3.63, 3.8) is 0 Å². The third kappa shape index (κ3) is 5.95. The Morgan fingerprint density at radius 2 is 2.09 bits per heavy atom. The van der Waals surface area contributed by atoms with Crippen LogP contribution in [0.2, 0.25) is 0 Å². The van der Waals surface area contributed by atoms with Gasteiger partial charge in [0, 0.05) is 19.5 Å². The van der Waals surface area contributed by atoms with E-state index in [4.69, 9.17) is 0 Å². The van der Waals surface area contributed by atoms with Gasteiger partial charge in [-0.3, -0.25) is 4.79 Å². The van der Waals surface area contributed by atoms with Gasteiger partial charge in [0.05, 0.1) is 11.5 Å². The summed E-state index contributed by atoms with van der Waals surface area (Å²) >= 11 is 0. The maximum Gasteiger partial charge on any atom is 0.220 e. The van der Waals surface area contributed by atoms with Crippen molar-refractivity contribution in [2.45, 2.75) is 32.9 Å². The molecule has 1 atom stereocenters. The fraction of sp³-hybridized carbons (Fsp3) is 0.588. The summed E-state index contributed by atoms with van der Waals surface area (Å²) in [6.07, 6.45) is 0.909. The number of amides is 1. The molecule has 0 radical (unpaired) electrons. The highest BCUT2D eigenvalue weighted by atomic mass is 32.2. The van der Waals surface area contributed by atoms with Gasteiger partial charge in [0.25, 0.3) is 0 Å². The second-order valence-corrected chi connectivity index (χ2v) is 8.63. The fourth-order valence-electron chi connectivity index (χ4n) is 2.83. The lowest BCUT2D eigenvalue weighted by Gasteiger charge is -2.15. The van der Waals surface area contributed by atoms with Crippen LogP contribution in [0, 0.1) is 5.92 Å². The van der Waals surface area contributed by atoms with Crippen molar-refractivity contribution in [1.82, 2.24) is 10.2 Å². The van der Waals surface area contributed by atoms with Crippen LogP contribution in [0.25, 0.3) is 0 Å². The van der Waals surface area contributed by atoms with Crippen LogP contribution in [0.15, 0.2) is 24.3 Å². The molecule has 0 saturated carbocycles. The summed E-state index contributed by atoms with van der Waals surface area (Å²) in [5.74, 6) is 0.282. The van der Waals surface area contributed by atoms with E-state index in [1.807, 2.05) is 12.1 Å². The number of nitrogens with zero attached hydrogens (tertiary/aromatic N) is 1. The minimum Gasteiger partial charge on any atom is -0.352 e. The van der Waals surface area contributed by atoms with Crippen LogP contribution in [-0.4, -0.2) is 44.3 Å². The second-order valence-electron chi connectivity index (χ2n) is 6.40. The molecule has 6 heteroatoms. The Bertz CT molecular complexity index is 643. The van der Waals surface area contributed by atoms with Gasteiger partial charge in [-0.25, -0.2) is 8.42 Å². The molecule has 0 aromatic heterocycles. The number of carbonyl (C=O) groups excluding carboxylic acids is 1. The monoisotopic (exact) mass is 338 g/mol. The average Bonchev–Trinajstić information content (AvgIpc) is 2.84. The number of carbonyl (C=O) groups is 1. The van der Waals surface area contributed by atoms with Gasteiger partial charge < -0.3 is 10.2 Å². The molecule has 128 valence electrons. The molecule has 2 rings (SSSR count). The van der Waals surface area contributed by atoms with Crippen LogP contribution in [0.1, 0.15) is 30.9 Å². The first-order valence-electron chi connectivity index (χ1n) is 8.11. The lowest BCUT2D eigenvalue weighted by atomic mass is 10.0. The van der Waals surface area contributed by atoms with E-state index in [0.717, 1.165) is 18.7 Å². The van der Waals surface area contributed by atoms with Crippen LogP contribution in [-0.2, 0) is 27.7 Å². The second kappa shape index (κ2) is 7.93. The highest BCUT2D eigenvalue weighted by Gasteiger charge is 2.29. The molecule has 1 saturated heterocycles. The zero-order valence-corrected chi connectivity index (χ0v) is 14.7. The van der Waals surface area contributed by atoms with Crippen molar-refractivity contribution >= 4 is 15.7 Å². The van der Waals surface area contributed by atoms with Crippen LogP contribution < -0.4 is 5.32 Å². The zero-order valence-electron chi connectivity index (χ0n) is 13.9. The predicted molar refractivity (Wildman–Crippen MR) is 91.7 cm³/mol. The fourth-order valence-corrected chi connectivity index (χ4v) is 4.69. The van der Waals surface area contributed by atoms with Gasteiger partial charge in [0.2, 0.25) is 5.91 Å². The standard InChI is InChI=1S/C17H26N2O3S/c1-3-19(2)12-15-6-4-5-14(9-15)11-18-17(20)10-16-7-8-23(21,22)13-16/h4-6,9,16H,3,7-8,10-13H2,1-2H3,(H,18,20). The van der Waals surface area contributed by atoms with Gasteiger partial charge in [0.1, 0.15) is 0 Å². The molecule has 0 bridgehead atoms. The Labute approximate surface area is 139 Å². The van der Waals surface area contributed by atoms with Gasteiger partial charge in [-0.05, 0) is 37.1 Å². The van der Waals surface area contributed by atoms with Gasteiger partial charge in [0.15, 0.2) is 9.84 Å². The molecule has 1 unspecified atom stereocenters. The van der Waals surface area contributed by atoms with Crippen molar-refractivity contribution < 1.29 is 13.2 Å². The first-order chi connectivity index (χ1) is 10.9. The van der Waals surface area contributed by atoms with E-state index in [2.05, 4.69) is 36.3 Å². The Morgan fingerprint density at radius 1 is 1.35 bits per heavy atom. The SMILES string of the molecule is CCN(C)Cc1cccc(CNC(=O)CC2CCS(=O)(=O)C2)c1. The van der Waals surface area contributed by atoms with Crippen molar-refractivity contribution in [2.24, 2.45) is 5.92 Å². The van der Waals surface area contributed by atoms with Gasteiger partial charge in [-0.15, -0.1) is 0 Å². The smallest absolute Gasteiger partial charge is 0.220 e. The minimum absolute atomic E-state index is 0.0236. The van der Waals surface area contributed by atoms with E-state index in [0.29, 0.717) is 19.4 Å². The minimum atomic E-state index is -2.91. The molecule has 23 heavy (non-hydrogen) atoms. The molecule has 1 amide bonds. The van der Waals surface area contributed by atoms with Crippen molar-refractivity contribution in [2.75, 3.05) is 25.1 Å². The normalized spacial score (nSPS) is 19.9. The van der Waals surface area contributed by atoms with Crippen molar-refractivity contribution in [1.29, 1.82) is 0 Å². The molecule has 1 fully saturated rings. The maximum absolute atomic E-state index is 12.0. The summed E-state index contributed by atoms with van der Waals surface area (Å²) in [6, 6.07) is 8.19. The predicted octanol–water partition coefficient (Wildman–Crippen LogP) is 1.58. The number of benzene rings is 1. The van der Waals surface area contributed by atoms with Gasteiger partial charge in [-0.1, -0.05) is 31.2 Å².